The number of hydrogen-bond donors (Lipinski definition) is 1. The van der Waals surface area contributed by atoms with E-state index < -0.39 is 0 Å². The summed E-state index contributed by atoms with van der Waals surface area (Å²) in [4.78, 5) is 38.3. The SMILES string of the molecule is Cc1ncc(CC(=O)N2CCN(C3CN4CCC3CC4)CC2)c(=O)[nH]1. The van der Waals surface area contributed by atoms with Crippen molar-refractivity contribution in [1.29, 1.82) is 0 Å². The van der Waals surface area contributed by atoms with Crippen molar-refractivity contribution in [3.8, 4) is 0 Å². The lowest BCUT2D eigenvalue weighted by Gasteiger charge is -2.51. The van der Waals surface area contributed by atoms with Gasteiger partial charge in [0.05, 0.1) is 6.42 Å². The Morgan fingerprint density at radius 2 is 1.92 bits per heavy atom. The zero-order valence-electron chi connectivity index (χ0n) is 14.9. The number of carbonyl (C=O) groups excluding carboxylic acids is 1. The molecule has 4 aliphatic heterocycles. The number of fused-ring (bicyclic) bond motifs is 3. The minimum Gasteiger partial charge on any atom is -0.340 e. The van der Waals surface area contributed by atoms with E-state index in [1.165, 1.54) is 38.7 Å². The first-order valence-corrected chi connectivity index (χ1v) is 9.39. The molecule has 4 aliphatic rings. The Bertz CT molecular complexity index is 687. The smallest absolute Gasteiger partial charge is 0.254 e. The maximum atomic E-state index is 12.5. The summed E-state index contributed by atoms with van der Waals surface area (Å²) in [5, 5.41) is 0. The van der Waals surface area contributed by atoms with E-state index in [0.29, 0.717) is 17.4 Å². The van der Waals surface area contributed by atoms with Gasteiger partial charge in [0.25, 0.3) is 5.56 Å². The Kier molecular flexibility index (Phi) is 4.60. The van der Waals surface area contributed by atoms with Gasteiger partial charge in [0.15, 0.2) is 0 Å². The van der Waals surface area contributed by atoms with Crippen LogP contribution in [0.5, 0.6) is 0 Å². The van der Waals surface area contributed by atoms with Crippen molar-refractivity contribution in [2.24, 2.45) is 5.92 Å². The van der Waals surface area contributed by atoms with Gasteiger partial charge in [-0.25, -0.2) is 4.98 Å². The molecule has 0 radical (unpaired) electrons. The van der Waals surface area contributed by atoms with E-state index in [9.17, 15) is 9.59 Å². The molecule has 136 valence electrons. The number of carbonyl (C=O) groups is 1. The second-order valence-corrected chi connectivity index (χ2v) is 7.62. The van der Waals surface area contributed by atoms with E-state index in [0.717, 1.165) is 32.1 Å². The van der Waals surface area contributed by atoms with Crippen LogP contribution < -0.4 is 5.56 Å². The third kappa shape index (κ3) is 3.48. The molecule has 1 aromatic heterocycles. The zero-order chi connectivity index (χ0) is 17.4. The number of piperazine rings is 1. The molecule has 1 atom stereocenters. The van der Waals surface area contributed by atoms with E-state index in [1.807, 2.05) is 4.90 Å². The molecule has 4 saturated heterocycles. The van der Waals surface area contributed by atoms with Crippen LogP contribution in [0, 0.1) is 12.8 Å². The van der Waals surface area contributed by atoms with Gasteiger partial charge in [-0.15, -0.1) is 0 Å². The number of hydrogen-bond acceptors (Lipinski definition) is 5. The number of aromatic nitrogens is 2. The van der Waals surface area contributed by atoms with Gasteiger partial charge < -0.3 is 14.8 Å². The lowest BCUT2D eigenvalue weighted by Crippen LogP contribution is -2.61. The molecule has 0 aromatic carbocycles. The predicted molar refractivity (Wildman–Crippen MR) is 94.4 cm³/mol. The van der Waals surface area contributed by atoms with E-state index >= 15 is 0 Å². The summed E-state index contributed by atoms with van der Waals surface area (Å²) < 4.78 is 0. The van der Waals surface area contributed by atoms with E-state index in [2.05, 4.69) is 19.8 Å². The molecule has 4 fully saturated rings. The van der Waals surface area contributed by atoms with E-state index in [4.69, 9.17) is 0 Å². The van der Waals surface area contributed by atoms with Crippen LogP contribution in [0.3, 0.4) is 0 Å². The van der Waals surface area contributed by atoms with Crippen LogP contribution in [0.1, 0.15) is 24.2 Å². The number of amides is 1. The van der Waals surface area contributed by atoms with Gasteiger partial charge in [0.1, 0.15) is 5.82 Å². The number of H-pyrrole nitrogens is 1. The van der Waals surface area contributed by atoms with Crippen LogP contribution in [0.2, 0.25) is 0 Å². The Hall–Kier alpha value is -1.73. The highest BCUT2D eigenvalue weighted by atomic mass is 16.2. The molecule has 0 aliphatic carbocycles. The average Bonchev–Trinajstić information content (AvgIpc) is 2.65. The molecule has 1 aromatic rings. The van der Waals surface area contributed by atoms with E-state index in [-0.39, 0.29) is 17.9 Å². The van der Waals surface area contributed by atoms with Crippen molar-refractivity contribution in [2.75, 3.05) is 45.8 Å². The highest BCUT2D eigenvalue weighted by molar-refractivity contribution is 5.78. The third-order valence-corrected chi connectivity index (χ3v) is 6.10. The highest BCUT2D eigenvalue weighted by Crippen LogP contribution is 2.31. The molecule has 1 amide bonds. The summed E-state index contributed by atoms with van der Waals surface area (Å²) in [6.45, 7) is 8.88. The van der Waals surface area contributed by atoms with Gasteiger partial charge in [-0.3, -0.25) is 14.5 Å². The summed E-state index contributed by atoms with van der Waals surface area (Å²) in [6, 6.07) is 0.670. The molecule has 2 bridgehead atoms. The number of rotatable bonds is 3. The fourth-order valence-electron chi connectivity index (χ4n) is 4.56. The first kappa shape index (κ1) is 16.7. The van der Waals surface area contributed by atoms with Crippen LogP contribution in [-0.4, -0.2) is 82.4 Å². The van der Waals surface area contributed by atoms with Crippen LogP contribution >= 0.6 is 0 Å². The molecule has 7 nitrogen and oxygen atoms in total. The fraction of sp³-hybridized carbons (Fsp3) is 0.722. The summed E-state index contributed by atoms with van der Waals surface area (Å²) in [7, 11) is 0. The molecule has 0 saturated carbocycles. The zero-order valence-corrected chi connectivity index (χ0v) is 14.9. The summed E-state index contributed by atoms with van der Waals surface area (Å²) >= 11 is 0. The second kappa shape index (κ2) is 6.88. The summed E-state index contributed by atoms with van der Waals surface area (Å²) in [5.41, 5.74) is 0.252. The van der Waals surface area contributed by atoms with Crippen LogP contribution in [0.25, 0.3) is 0 Å². The van der Waals surface area contributed by atoms with Gasteiger partial charge in [-0.2, -0.15) is 0 Å². The fourth-order valence-corrected chi connectivity index (χ4v) is 4.56. The van der Waals surface area contributed by atoms with Gasteiger partial charge in [-0.05, 0) is 38.8 Å². The molecule has 25 heavy (non-hydrogen) atoms. The Labute approximate surface area is 148 Å². The van der Waals surface area contributed by atoms with Gasteiger partial charge in [0.2, 0.25) is 5.91 Å². The number of aromatic amines is 1. The Morgan fingerprint density at radius 3 is 2.52 bits per heavy atom. The molecular formula is C18H27N5O2. The van der Waals surface area contributed by atoms with Gasteiger partial charge >= 0.3 is 0 Å². The quantitative estimate of drug-likeness (QED) is 0.826. The number of piperidine rings is 3. The van der Waals surface area contributed by atoms with Crippen LogP contribution in [-0.2, 0) is 11.2 Å². The maximum absolute atomic E-state index is 12.5. The first-order chi connectivity index (χ1) is 12.1. The standard InChI is InChI=1S/C18H27N5O2/c1-13-19-11-15(18(25)20-13)10-17(24)23-8-6-22(7-9-23)16-12-21-4-2-14(16)3-5-21/h11,14,16H,2-10,12H2,1H3,(H,19,20,25). The van der Waals surface area contributed by atoms with E-state index in [1.54, 1.807) is 6.92 Å². The summed E-state index contributed by atoms with van der Waals surface area (Å²) in [6.07, 6.45) is 4.32. The van der Waals surface area contributed by atoms with Crippen LogP contribution in [0.15, 0.2) is 11.0 Å². The highest BCUT2D eigenvalue weighted by Gasteiger charge is 2.38. The van der Waals surface area contributed by atoms with Crippen molar-refractivity contribution < 1.29 is 4.79 Å². The Morgan fingerprint density at radius 1 is 1.20 bits per heavy atom. The Balaban J connectivity index is 1.32. The molecule has 5 heterocycles. The topological polar surface area (TPSA) is 72.5 Å². The number of nitrogens with one attached hydrogen (secondary N) is 1. The predicted octanol–water partition coefficient (Wildman–Crippen LogP) is -0.141. The van der Waals surface area contributed by atoms with Crippen molar-refractivity contribution in [3.05, 3.63) is 27.9 Å². The molecule has 5 rings (SSSR count). The molecular weight excluding hydrogens is 318 g/mol. The largest absolute Gasteiger partial charge is 0.340 e. The molecule has 1 unspecified atom stereocenters. The van der Waals surface area contributed by atoms with Gasteiger partial charge in [-0.1, -0.05) is 0 Å². The van der Waals surface area contributed by atoms with Crippen LogP contribution in [0.4, 0.5) is 0 Å². The number of nitrogens with zero attached hydrogens (tertiary/aromatic N) is 4. The molecule has 7 heteroatoms. The average molecular weight is 345 g/mol. The molecule has 0 spiro atoms. The lowest BCUT2D eigenvalue weighted by atomic mass is 9.83. The van der Waals surface area contributed by atoms with Crippen molar-refractivity contribution in [3.63, 3.8) is 0 Å². The van der Waals surface area contributed by atoms with Crippen molar-refractivity contribution in [2.45, 2.75) is 32.2 Å². The second-order valence-electron chi connectivity index (χ2n) is 7.62. The minimum atomic E-state index is -0.202. The minimum absolute atomic E-state index is 0.0321. The van der Waals surface area contributed by atoms with Crippen molar-refractivity contribution in [1.82, 2.24) is 24.7 Å². The monoisotopic (exact) mass is 345 g/mol. The van der Waals surface area contributed by atoms with Crippen molar-refractivity contribution >= 4 is 5.91 Å². The number of aryl methyl sites for hydroxylation is 1. The normalized spacial score (nSPS) is 29.8. The van der Waals surface area contributed by atoms with Gasteiger partial charge in [0, 0.05) is 50.5 Å². The first-order valence-electron chi connectivity index (χ1n) is 9.39. The maximum Gasteiger partial charge on any atom is 0.254 e. The lowest BCUT2D eigenvalue weighted by molar-refractivity contribution is -0.133. The third-order valence-electron chi connectivity index (χ3n) is 6.10. The summed E-state index contributed by atoms with van der Waals surface area (Å²) in [5.74, 6) is 1.45. The molecule has 1 N–H and O–H groups in total.